The maximum Gasteiger partial charge on any atom is 0.306 e. The molecule has 132 valence electrons. The minimum atomic E-state index is -0.698. The summed E-state index contributed by atoms with van der Waals surface area (Å²) >= 11 is 0. The number of hydrogen-bond donors (Lipinski definition) is 2. The van der Waals surface area contributed by atoms with Crippen molar-refractivity contribution < 1.29 is 9.90 Å². The SMILES string of the molecule is Cc1nc(Nc2c(C)cccc2C)cc(N2CCC(C(=O)O)CC2)n1. The van der Waals surface area contributed by atoms with E-state index >= 15 is 0 Å². The van der Waals surface area contributed by atoms with Crippen LogP contribution in [0.2, 0.25) is 0 Å². The monoisotopic (exact) mass is 340 g/mol. The average Bonchev–Trinajstić information content (AvgIpc) is 2.58. The predicted molar refractivity (Wildman–Crippen MR) is 98.5 cm³/mol. The van der Waals surface area contributed by atoms with Gasteiger partial charge in [0.2, 0.25) is 0 Å². The lowest BCUT2D eigenvalue weighted by atomic mass is 9.97. The van der Waals surface area contributed by atoms with E-state index < -0.39 is 5.97 Å². The first-order valence-electron chi connectivity index (χ1n) is 8.60. The number of aliphatic carboxylic acids is 1. The van der Waals surface area contributed by atoms with Crippen molar-refractivity contribution >= 4 is 23.3 Å². The summed E-state index contributed by atoms with van der Waals surface area (Å²) in [5.41, 5.74) is 3.40. The fourth-order valence-corrected chi connectivity index (χ4v) is 3.27. The summed E-state index contributed by atoms with van der Waals surface area (Å²) in [6, 6.07) is 8.13. The number of anilines is 3. The number of aryl methyl sites for hydroxylation is 3. The molecule has 2 heterocycles. The van der Waals surface area contributed by atoms with Gasteiger partial charge in [-0.1, -0.05) is 18.2 Å². The number of aromatic nitrogens is 2. The lowest BCUT2D eigenvalue weighted by Crippen LogP contribution is -2.36. The Morgan fingerprint density at radius 1 is 1.16 bits per heavy atom. The molecule has 0 amide bonds. The highest BCUT2D eigenvalue weighted by Gasteiger charge is 2.25. The normalized spacial score (nSPS) is 15.2. The lowest BCUT2D eigenvalue weighted by molar-refractivity contribution is -0.142. The van der Waals surface area contributed by atoms with Crippen LogP contribution in [-0.4, -0.2) is 34.1 Å². The van der Waals surface area contributed by atoms with Crippen molar-refractivity contribution in [3.8, 4) is 0 Å². The van der Waals surface area contributed by atoms with Gasteiger partial charge in [-0.3, -0.25) is 4.79 Å². The molecule has 0 radical (unpaired) electrons. The largest absolute Gasteiger partial charge is 0.481 e. The first-order chi connectivity index (χ1) is 11.9. The third-order valence-corrected chi connectivity index (χ3v) is 4.73. The second-order valence-electron chi connectivity index (χ2n) is 6.65. The molecular weight excluding hydrogens is 316 g/mol. The predicted octanol–water partition coefficient (Wildman–Crippen LogP) is 3.45. The number of nitrogens with zero attached hydrogens (tertiary/aromatic N) is 3. The van der Waals surface area contributed by atoms with Gasteiger partial charge in [0.25, 0.3) is 0 Å². The van der Waals surface area contributed by atoms with E-state index in [-0.39, 0.29) is 5.92 Å². The third kappa shape index (κ3) is 3.90. The molecule has 6 nitrogen and oxygen atoms in total. The van der Waals surface area contributed by atoms with E-state index in [4.69, 9.17) is 5.11 Å². The molecule has 25 heavy (non-hydrogen) atoms. The van der Waals surface area contributed by atoms with Crippen LogP contribution >= 0.6 is 0 Å². The van der Waals surface area contributed by atoms with Gasteiger partial charge in [-0.15, -0.1) is 0 Å². The number of piperidine rings is 1. The number of carboxylic acid groups (broad SMARTS) is 1. The first kappa shape index (κ1) is 17.2. The van der Waals surface area contributed by atoms with Crippen LogP contribution in [0.4, 0.5) is 17.3 Å². The van der Waals surface area contributed by atoms with Crippen LogP contribution in [0.25, 0.3) is 0 Å². The second kappa shape index (κ2) is 7.09. The molecule has 1 saturated heterocycles. The highest BCUT2D eigenvalue weighted by Crippen LogP contribution is 2.27. The number of hydrogen-bond acceptors (Lipinski definition) is 5. The van der Waals surface area contributed by atoms with Gasteiger partial charge in [-0.05, 0) is 44.7 Å². The topological polar surface area (TPSA) is 78.4 Å². The molecule has 1 aromatic carbocycles. The standard InChI is InChI=1S/C19H24N4O2/c1-12-5-4-6-13(2)18(12)22-16-11-17(21-14(3)20-16)23-9-7-15(8-10-23)19(24)25/h4-6,11,15H,7-10H2,1-3H3,(H,24,25)(H,20,21,22). The maximum atomic E-state index is 11.1. The van der Waals surface area contributed by atoms with E-state index in [0.29, 0.717) is 31.8 Å². The molecule has 0 spiro atoms. The molecule has 2 N–H and O–H groups in total. The van der Waals surface area contributed by atoms with Crippen LogP contribution in [0.3, 0.4) is 0 Å². The zero-order chi connectivity index (χ0) is 18.0. The van der Waals surface area contributed by atoms with E-state index in [1.54, 1.807) is 0 Å². The quantitative estimate of drug-likeness (QED) is 0.887. The van der Waals surface area contributed by atoms with Crippen molar-refractivity contribution in [2.24, 2.45) is 5.92 Å². The fraction of sp³-hybridized carbons (Fsp3) is 0.421. The minimum absolute atomic E-state index is 0.244. The van der Waals surface area contributed by atoms with E-state index in [9.17, 15) is 4.79 Å². The number of para-hydroxylation sites is 1. The van der Waals surface area contributed by atoms with Gasteiger partial charge in [-0.2, -0.15) is 0 Å². The molecule has 1 fully saturated rings. The van der Waals surface area contributed by atoms with Gasteiger partial charge in [0.05, 0.1) is 5.92 Å². The third-order valence-electron chi connectivity index (χ3n) is 4.73. The Labute approximate surface area is 147 Å². The molecule has 0 aliphatic carbocycles. The Bertz CT molecular complexity index is 763. The maximum absolute atomic E-state index is 11.1. The van der Waals surface area contributed by atoms with E-state index in [1.165, 1.54) is 11.1 Å². The van der Waals surface area contributed by atoms with Crippen molar-refractivity contribution in [3.63, 3.8) is 0 Å². The zero-order valence-electron chi connectivity index (χ0n) is 14.9. The second-order valence-corrected chi connectivity index (χ2v) is 6.65. The summed E-state index contributed by atoms with van der Waals surface area (Å²) in [5.74, 6) is 1.37. The highest BCUT2D eigenvalue weighted by molar-refractivity contribution is 5.70. The summed E-state index contributed by atoms with van der Waals surface area (Å²) in [6.07, 6.45) is 1.30. The minimum Gasteiger partial charge on any atom is -0.481 e. The van der Waals surface area contributed by atoms with Crippen molar-refractivity contribution in [2.75, 3.05) is 23.3 Å². The molecule has 0 saturated carbocycles. The van der Waals surface area contributed by atoms with E-state index in [2.05, 4.69) is 46.2 Å². The Hall–Kier alpha value is -2.63. The van der Waals surface area contributed by atoms with Crippen LogP contribution < -0.4 is 10.2 Å². The summed E-state index contributed by atoms with van der Waals surface area (Å²) in [4.78, 5) is 22.3. The molecule has 3 rings (SSSR count). The Morgan fingerprint density at radius 2 is 1.80 bits per heavy atom. The number of carbonyl (C=O) groups is 1. The van der Waals surface area contributed by atoms with Crippen LogP contribution in [0.1, 0.15) is 29.8 Å². The summed E-state index contributed by atoms with van der Waals surface area (Å²) < 4.78 is 0. The van der Waals surface area contributed by atoms with Gasteiger partial charge >= 0.3 is 5.97 Å². The number of benzene rings is 1. The number of carboxylic acids is 1. The molecule has 1 aliphatic heterocycles. The zero-order valence-corrected chi connectivity index (χ0v) is 14.9. The number of rotatable bonds is 4. The molecule has 0 bridgehead atoms. The van der Waals surface area contributed by atoms with Crippen molar-refractivity contribution in [1.82, 2.24) is 9.97 Å². The Morgan fingerprint density at radius 3 is 2.40 bits per heavy atom. The van der Waals surface area contributed by atoms with Gasteiger partial charge in [0, 0.05) is 24.8 Å². The van der Waals surface area contributed by atoms with Crippen molar-refractivity contribution in [3.05, 3.63) is 41.2 Å². The first-order valence-corrected chi connectivity index (χ1v) is 8.60. The van der Waals surface area contributed by atoms with Crippen molar-refractivity contribution in [2.45, 2.75) is 33.6 Å². The molecule has 2 aromatic rings. The fourth-order valence-electron chi connectivity index (χ4n) is 3.27. The molecule has 1 aliphatic rings. The van der Waals surface area contributed by atoms with Crippen molar-refractivity contribution in [1.29, 1.82) is 0 Å². The van der Waals surface area contributed by atoms with Crippen LogP contribution in [0.15, 0.2) is 24.3 Å². The van der Waals surface area contributed by atoms with Crippen LogP contribution in [0.5, 0.6) is 0 Å². The molecule has 6 heteroatoms. The molecule has 1 aromatic heterocycles. The lowest BCUT2D eigenvalue weighted by Gasteiger charge is -2.31. The van der Waals surface area contributed by atoms with Gasteiger partial charge in [0.1, 0.15) is 17.5 Å². The van der Waals surface area contributed by atoms with Gasteiger partial charge in [-0.25, -0.2) is 9.97 Å². The van der Waals surface area contributed by atoms with Gasteiger partial charge in [0.15, 0.2) is 0 Å². The highest BCUT2D eigenvalue weighted by atomic mass is 16.4. The van der Waals surface area contributed by atoms with Crippen LogP contribution in [-0.2, 0) is 4.79 Å². The van der Waals surface area contributed by atoms with E-state index in [0.717, 1.165) is 17.3 Å². The average molecular weight is 340 g/mol. The van der Waals surface area contributed by atoms with Gasteiger partial charge < -0.3 is 15.3 Å². The summed E-state index contributed by atoms with van der Waals surface area (Å²) in [7, 11) is 0. The summed E-state index contributed by atoms with van der Waals surface area (Å²) in [6.45, 7) is 7.43. The molecule has 0 atom stereocenters. The van der Waals surface area contributed by atoms with E-state index in [1.807, 2.05) is 19.1 Å². The molecule has 0 unspecified atom stereocenters. The number of nitrogens with one attached hydrogen (secondary N) is 1. The summed E-state index contributed by atoms with van der Waals surface area (Å²) in [5, 5.41) is 12.6. The Kier molecular flexibility index (Phi) is 4.88. The Balaban J connectivity index is 1.81. The smallest absolute Gasteiger partial charge is 0.306 e. The molecular formula is C19H24N4O2. The van der Waals surface area contributed by atoms with Crippen LogP contribution in [0, 0.1) is 26.7 Å².